The second kappa shape index (κ2) is 5.50. The molecule has 2 N–H and O–H groups in total. The Kier molecular flexibility index (Phi) is 4.30. The predicted octanol–water partition coefficient (Wildman–Crippen LogP) is 1.11. The fraction of sp³-hybridized carbons (Fsp3) is 0.444. The largest absolute Gasteiger partial charge is 0.444 e. The van der Waals surface area contributed by atoms with Crippen LogP contribution in [-0.2, 0) is 4.79 Å². The van der Waals surface area contributed by atoms with Gasteiger partial charge in [-0.25, -0.2) is 9.78 Å². The number of rotatable bonds is 3. The highest BCUT2D eigenvalue weighted by Crippen LogP contribution is 2.11. The molecule has 0 spiro atoms. The van der Waals surface area contributed by atoms with E-state index in [-0.39, 0.29) is 5.88 Å². The lowest BCUT2D eigenvalue weighted by molar-refractivity contribution is -0.117. The van der Waals surface area contributed by atoms with Gasteiger partial charge in [-0.1, -0.05) is 0 Å². The van der Waals surface area contributed by atoms with E-state index in [0.717, 1.165) is 0 Å². The molecule has 7 heteroatoms. The Hall–Kier alpha value is -1.56. The summed E-state index contributed by atoms with van der Waals surface area (Å²) in [4.78, 5) is 26.0. The number of halogens is 1. The van der Waals surface area contributed by atoms with Crippen LogP contribution in [0.1, 0.15) is 24.6 Å². The second-order valence-electron chi connectivity index (χ2n) is 3.19. The third-order valence-corrected chi connectivity index (χ3v) is 1.97. The van der Waals surface area contributed by atoms with Gasteiger partial charge in [0.2, 0.25) is 11.8 Å². The summed E-state index contributed by atoms with van der Waals surface area (Å²) in [5.41, 5.74) is 0. The van der Waals surface area contributed by atoms with Gasteiger partial charge in [0.15, 0.2) is 0 Å². The number of imide groups is 1. The van der Waals surface area contributed by atoms with Gasteiger partial charge in [-0.2, -0.15) is 0 Å². The summed E-state index contributed by atoms with van der Waals surface area (Å²) in [7, 11) is 0. The topological polar surface area (TPSA) is 84.2 Å². The van der Waals surface area contributed by atoms with Gasteiger partial charge in [-0.05, 0) is 13.8 Å². The fourth-order valence-corrected chi connectivity index (χ4v) is 1.09. The zero-order valence-corrected chi connectivity index (χ0v) is 9.67. The Morgan fingerprint density at radius 1 is 1.62 bits per heavy atom. The first-order valence-corrected chi connectivity index (χ1v) is 5.15. The van der Waals surface area contributed by atoms with Crippen molar-refractivity contribution in [1.29, 1.82) is 0 Å². The number of hydrogen-bond acceptors (Lipinski definition) is 4. The highest BCUT2D eigenvalue weighted by atomic mass is 35.5. The zero-order valence-electron chi connectivity index (χ0n) is 8.91. The third-order valence-electron chi connectivity index (χ3n) is 1.73. The average Bonchev–Trinajstić information content (AvgIpc) is 2.64. The number of oxazole rings is 1. The highest BCUT2D eigenvalue weighted by molar-refractivity contribution is 6.28. The van der Waals surface area contributed by atoms with Gasteiger partial charge in [0.1, 0.15) is 17.7 Å². The summed E-state index contributed by atoms with van der Waals surface area (Å²) in [6.07, 6.45) is 1.55. The second-order valence-corrected chi connectivity index (χ2v) is 3.45. The monoisotopic (exact) mass is 245 g/mol. The maximum Gasteiger partial charge on any atom is 0.322 e. The first kappa shape index (κ1) is 12.5. The van der Waals surface area contributed by atoms with Gasteiger partial charge in [-0.15, -0.1) is 11.6 Å². The number of aromatic nitrogens is 1. The maximum atomic E-state index is 11.2. The molecular weight excluding hydrogens is 234 g/mol. The number of carbonyl (C=O) groups excluding carboxylic acids is 2. The van der Waals surface area contributed by atoms with Crippen LogP contribution in [0.25, 0.3) is 0 Å². The summed E-state index contributed by atoms with van der Waals surface area (Å²) >= 11 is 5.23. The minimum atomic E-state index is -0.631. The van der Waals surface area contributed by atoms with E-state index < -0.39 is 18.0 Å². The molecule has 0 bridgehead atoms. The van der Waals surface area contributed by atoms with E-state index in [9.17, 15) is 9.59 Å². The number of aryl methyl sites for hydroxylation is 1. The Morgan fingerprint density at radius 2 is 2.31 bits per heavy atom. The number of hydrogen-bond donors (Lipinski definition) is 2. The van der Waals surface area contributed by atoms with Crippen molar-refractivity contribution in [3.05, 3.63) is 17.8 Å². The normalized spacial score (nSPS) is 11.9. The summed E-state index contributed by atoms with van der Waals surface area (Å²) in [5.74, 6) is 0.210. The number of alkyl halides is 1. The minimum Gasteiger partial charge on any atom is -0.444 e. The first-order chi connectivity index (χ1) is 7.52. The molecule has 0 saturated carbocycles. The molecule has 1 aromatic rings. The maximum absolute atomic E-state index is 11.2. The van der Waals surface area contributed by atoms with Crippen LogP contribution in [-0.4, -0.2) is 22.8 Å². The summed E-state index contributed by atoms with van der Waals surface area (Å²) in [5, 5.41) is 4.54. The van der Waals surface area contributed by atoms with Crippen molar-refractivity contribution in [2.24, 2.45) is 0 Å². The van der Waals surface area contributed by atoms with Gasteiger partial charge in [0.25, 0.3) is 0 Å². The number of urea groups is 1. The van der Waals surface area contributed by atoms with E-state index >= 15 is 0 Å². The molecule has 1 aromatic heterocycles. The molecule has 0 fully saturated rings. The van der Waals surface area contributed by atoms with Crippen LogP contribution in [0, 0.1) is 6.92 Å². The lowest BCUT2D eigenvalue weighted by Crippen LogP contribution is -2.41. The van der Waals surface area contributed by atoms with Crippen LogP contribution in [0.4, 0.5) is 4.79 Å². The highest BCUT2D eigenvalue weighted by Gasteiger charge is 2.15. The molecule has 6 nitrogen and oxygen atoms in total. The standard InChI is InChI=1S/C9H12ClN3O3/c1-5-4-11-8(16-5)6(2)12-9(15)13-7(14)3-10/h4,6H,3H2,1-2H3,(H2,12,13,14,15). The van der Waals surface area contributed by atoms with Crippen molar-refractivity contribution in [2.45, 2.75) is 19.9 Å². The van der Waals surface area contributed by atoms with E-state index in [1.807, 2.05) is 5.32 Å². The third kappa shape index (κ3) is 3.54. The van der Waals surface area contributed by atoms with E-state index in [4.69, 9.17) is 16.0 Å². The molecular formula is C9H12ClN3O3. The predicted molar refractivity (Wildman–Crippen MR) is 57.0 cm³/mol. The van der Waals surface area contributed by atoms with Crippen LogP contribution in [0.2, 0.25) is 0 Å². The Bertz CT molecular complexity index is 391. The molecule has 0 radical (unpaired) electrons. The molecule has 88 valence electrons. The van der Waals surface area contributed by atoms with Gasteiger partial charge < -0.3 is 9.73 Å². The molecule has 16 heavy (non-hydrogen) atoms. The molecule has 1 rings (SSSR count). The first-order valence-electron chi connectivity index (χ1n) is 4.61. The molecule has 0 aliphatic rings. The average molecular weight is 246 g/mol. The molecule has 1 atom stereocenters. The Morgan fingerprint density at radius 3 is 2.81 bits per heavy atom. The van der Waals surface area contributed by atoms with Gasteiger partial charge in [-0.3, -0.25) is 10.1 Å². The molecule has 1 unspecified atom stereocenters. The van der Waals surface area contributed by atoms with Crippen LogP contribution in [0.3, 0.4) is 0 Å². The Balaban J connectivity index is 2.48. The number of carbonyl (C=O) groups is 2. The number of amides is 3. The Labute approximate surface area is 97.4 Å². The lowest BCUT2D eigenvalue weighted by atomic mass is 10.3. The smallest absolute Gasteiger partial charge is 0.322 e. The van der Waals surface area contributed by atoms with Crippen molar-refractivity contribution in [3.8, 4) is 0 Å². The molecule has 1 heterocycles. The molecule has 0 saturated heterocycles. The van der Waals surface area contributed by atoms with Crippen molar-refractivity contribution in [2.75, 3.05) is 5.88 Å². The summed E-state index contributed by atoms with van der Waals surface area (Å²) in [6.45, 7) is 3.44. The van der Waals surface area contributed by atoms with Crippen molar-refractivity contribution >= 4 is 23.5 Å². The van der Waals surface area contributed by atoms with Crippen molar-refractivity contribution in [3.63, 3.8) is 0 Å². The van der Waals surface area contributed by atoms with E-state index in [1.165, 1.54) is 0 Å². The number of nitrogens with zero attached hydrogens (tertiary/aromatic N) is 1. The SMILES string of the molecule is Cc1cnc(C(C)NC(=O)NC(=O)CCl)o1. The molecule has 0 aromatic carbocycles. The van der Waals surface area contributed by atoms with Gasteiger partial charge in [0, 0.05) is 0 Å². The molecule has 3 amide bonds. The number of nitrogens with one attached hydrogen (secondary N) is 2. The van der Waals surface area contributed by atoms with Gasteiger partial charge in [0.05, 0.1) is 6.20 Å². The van der Waals surface area contributed by atoms with Crippen molar-refractivity contribution in [1.82, 2.24) is 15.6 Å². The van der Waals surface area contributed by atoms with E-state index in [0.29, 0.717) is 11.7 Å². The zero-order chi connectivity index (χ0) is 12.1. The van der Waals surface area contributed by atoms with Crippen LogP contribution in [0.5, 0.6) is 0 Å². The van der Waals surface area contributed by atoms with Crippen LogP contribution in [0.15, 0.2) is 10.6 Å². The summed E-state index contributed by atoms with van der Waals surface area (Å²) < 4.78 is 5.21. The lowest BCUT2D eigenvalue weighted by Gasteiger charge is -2.10. The molecule has 0 aliphatic heterocycles. The van der Waals surface area contributed by atoms with Gasteiger partial charge >= 0.3 is 6.03 Å². The fourth-order valence-electron chi connectivity index (χ4n) is 1.03. The van der Waals surface area contributed by atoms with E-state index in [1.54, 1.807) is 20.0 Å². The summed E-state index contributed by atoms with van der Waals surface area (Å²) in [6, 6.07) is -1.05. The van der Waals surface area contributed by atoms with Crippen LogP contribution >= 0.6 is 11.6 Å². The molecule has 0 aliphatic carbocycles. The van der Waals surface area contributed by atoms with Crippen molar-refractivity contribution < 1.29 is 14.0 Å². The van der Waals surface area contributed by atoms with E-state index in [2.05, 4.69) is 10.3 Å². The van der Waals surface area contributed by atoms with Crippen LogP contribution < -0.4 is 10.6 Å². The quantitative estimate of drug-likeness (QED) is 0.782. The minimum absolute atomic E-state index is 0.264.